The molecule has 0 radical (unpaired) electrons. The third kappa shape index (κ3) is 3.58. The van der Waals surface area contributed by atoms with Gasteiger partial charge in [0.1, 0.15) is 0 Å². The second-order valence-electron chi connectivity index (χ2n) is 5.27. The maximum atomic E-state index is 5.64. The number of allylic oxidation sites excluding steroid dienone is 1. The van der Waals surface area contributed by atoms with E-state index < -0.39 is 0 Å². The molecule has 0 aromatic carbocycles. The zero-order valence-electron chi connectivity index (χ0n) is 11.1. The summed E-state index contributed by atoms with van der Waals surface area (Å²) in [6.07, 6.45) is 11.5. The number of aryl methyl sites for hydroxylation is 1. The number of hydrogen-bond donors (Lipinski definition) is 0. The van der Waals surface area contributed by atoms with Crippen molar-refractivity contribution in [2.24, 2.45) is 5.92 Å². The average Bonchev–Trinajstić information content (AvgIpc) is 2.41. The first-order valence-corrected chi connectivity index (χ1v) is 7.48. The minimum atomic E-state index is 0.653. The highest BCUT2D eigenvalue weighted by Crippen LogP contribution is 2.35. The molecule has 0 saturated heterocycles. The molecular formula is C16H22ClN. The van der Waals surface area contributed by atoms with Gasteiger partial charge in [0, 0.05) is 23.3 Å². The van der Waals surface area contributed by atoms with Crippen LogP contribution >= 0.6 is 11.6 Å². The molecule has 1 aliphatic carbocycles. The van der Waals surface area contributed by atoms with Gasteiger partial charge in [0.05, 0.1) is 0 Å². The van der Waals surface area contributed by atoms with Gasteiger partial charge in [0.15, 0.2) is 0 Å². The van der Waals surface area contributed by atoms with Crippen LogP contribution in [0.5, 0.6) is 0 Å². The van der Waals surface area contributed by atoms with Crippen LogP contribution in [0.2, 0.25) is 0 Å². The average molecular weight is 264 g/mol. The molecule has 2 rings (SSSR count). The van der Waals surface area contributed by atoms with Crippen LogP contribution in [0, 0.1) is 5.92 Å². The van der Waals surface area contributed by atoms with Gasteiger partial charge in [-0.1, -0.05) is 37.1 Å². The van der Waals surface area contributed by atoms with E-state index in [1.54, 1.807) is 5.54 Å². The molecular weight excluding hydrogens is 242 g/mol. The summed E-state index contributed by atoms with van der Waals surface area (Å²) in [5.41, 5.74) is 4.31. The van der Waals surface area contributed by atoms with E-state index in [9.17, 15) is 0 Å². The van der Waals surface area contributed by atoms with Gasteiger partial charge in [0.25, 0.3) is 0 Å². The molecule has 1 aromatic heterocycles. The van der Waals surface area contributed by atoms with E-state index in [0.29, 0.717) is 11.8 Å². The van der Waals surface area contributed by atoms with Crippen molar-refractivity contribution in [1.82, 2.24) is 4.98 Å². The molecule has 0 N–H and O–H groups in total. The van der Waals surface area contributed by atoms with Gasteiger partial charge in [-0.05, 0) is 49.7 Å². The van der Waals surface area contributed by atoms with Gasteiger partial charge < -0.3 is 0 Å². The summed E-state index contributed by atoms with van der Waals surface area (Å²) < 4.78 is 0. The molecule has 1 nitrogen and oxygen atoms in total. The largest absolute Gasteiger partial charge is 0.261 e. The van der Waals surface area contributed by atoms with Crippen LogP contribution in [0.25, 0.3) is 0 Å². The Hall–Kier alpha value is -0.820. The fourth-order valence-electron chi connectivity index (χ4n) is 2.82. The van der Waals surface area contributed by atoms with Crippen LogP contribution in [-0.4, -0.2) is 4.98 Å². The third-order valence-corrected chi connectivity index (χ3v) is 4.07. The van der Waals surface area contributed by atoms with E-state index in [-0.39, 0.29) is 0 Å². The first-order chi connectivity index (χ1) is 8.83. The van der Waals surface area contributed by atoms with Crippen molar-refractivity contribution in [2.45, 2.75) is 51.4 Å². The number of rotatable bonds is 4. The lowest BCUT2D eigenvalue weighted by atomic mass is 9.80. The van der Waals surface area contributed by atoms with Crippen molar-refractivity contribution in [3.63, 3.8) is 0 Å². The monoisotopic (exact) mass is 263 g/mol. The first-order valence-electron chi connectivity index (χ1n) is 7.05. The number of hydrogen-bond acceptors (Lipinski definition) is 1. The van der Waals surface area contributed by atoms with Crippen LogP contribution < -0.4 is 0 Å². The maximum absolute atomic E-state index is 5.64. The highest BCUT2D eigenvalue weighted by atomic mass is 35.5. The summed E-state index contributed by atoms with van der Waals surface area (Å²) in [6, 6.07) is 4.48. The van der Waals surface area contributed by atoms with Gasteiger partial charge >= 0.3 is 0 Å². The molecule has 2 heteroatoms. The Kier molecular flexibility index (Phi) is 5.25. The van der Waals surface area contributed by atoms with Crippen LogP contribution in [-0.2, 0) is 6.42 Å². The van der Waals surface area contributed by atoms with Gasteiger partial charge in [0.2, 0.25) is 0 Å². The summed E-state index contributed by atoms with van der Waals surface area (Å²) in [7, 11) is 0. The molecule has 0 spiro atoms. The molecule has 1 fully saturated rings. The molecule has 1 aromatic rings. The molecule has 1 aliphatic rings. The zero-order valence-corrected chi connectivity index (χ0v) is 11.9. The normalized spacial score (nSPS) is 24.6. The van der Waals surface area contributed by atoms with Gasteiger partial charge in [-0.2, -0.15) is 0 Å². The molecule has 0 atom stereocenters. The van der Waals surface area contributed by atoms with Crippen LogP contribution in [0.3, 0.4) is 0 Å². The minimum Gasteiger partial charge on any atom is -0.261 e. The Morgan fingerprint density at radius 1 is 1.28 bits per heavy atom. The molecule has 98 valence electrons. The topological polar surface area (TPSA) is 12.9 Å². The van der Waals surface area contributed by atoms with Crippen LogP contribution in [0.15, 0.2) is 29.9 Å². The van der Waals surface area contributed by atoms with E-state index in [2.05, 4.69) is 36.3 Å². The van der Waals surface area contributed by atoms with Crippen molar-refractivity contribution >= 4 is 11.6 Å². The molecule has 18 heavy (non-hydrogen) atoms. The number of aromatic nitrogens is 1. The summed E-state index contributed by atoms with van der Waals surface area (Å²) in [5.74, 6) is 1.33. The zero-order chi connectivity index (χ0) is 12.8. The highest BCUT2D eigenvalue weighted by Gasteiger charge is 2.21. The number of pyridine rings is 1. The first kappa shape index (κ1) is 13.6. The number of halogens is 1. The predicted molar refractivity (Wildman–Crippen MR) is 77.9 cm³/mol. The SMILES string of the molecule is CCCc1ccc([C@H]2CC[C@H](/C=C/Cl)CC2)nc1. The van der Waals surface area contributed by atoms with Gasteiger partial charge in [-0.15, -0.1) is 0 Å². The van der Waals surface area contributed by atoms with Gasteiger partial charge in [-0.3, -0.25) is 4.98 Å². The second kappa shape index (κ2) is 6.94. The van der Waals surface area contributed by atoms with Crippen LogP contribution in [0.4, 0.5) is 0 Å². The summed E-state index contributed by atoms with van der Waals surface area (Å²) in [5, 5.41) is 0. The Labute approximate surface area is 115 Å². The van der Waals surface area contributed by atoms with Crippen molar-refractivity contribution in [3.8, 4) is 0 Å². The van der Waals surface area contributed by atoms with Crippen molar-refractivity contribution < 1.29 is 0 Å². The molecule has 1 heterocycles. The predicted octanol–water partition coefficient (Wildman–Crippen LogP) is 5.06. The highest BCUT2D eigenvalue weighted by molar-refractivity contribution is 6.25. The van der Waals surface area contributed by atoms with Crippen molar-refractivity contribution in [1.29, 1.82) is 0 Å². The van der Waals surface area contributed by atoms with Crippen molar-refractivity contribution in [2.75, 3.05) is 0 Å². The second-order valence-corrected chi connectivity index (χ2v) is 5.52. The molecule has 0 bridgehead atoms. The molecule has 0 aliphatic heterocycles. The lowest BCUT2D eigenvalue weighted by Crippen LogP contribution is -2.12. The van der Waals surface area contributed by atoms with E-state index in [4.69, 9.17) is 11.6 Å². The van der Waals surface area contributed by atoms with Gasteiger partial charge in [-0.25, -0.2) is 0 Å². The Balaban J connectivity index is 1.92. The molecule has 0 amide bonds. The van der Waals surface area contributed by atoms with E-state index in [0.717, 1.165) is 6.42 Å². The summed E-state index contributed by atoms with van der Waals surface area (Å²) in [4.78, 5) is 4.65. The Morgan fingerprint density at radius 3 is 2.61 bits per heavy atom. The minimum absolute atomic E-state index is 0.653. The van der Waals surface area contributed by atoms with Crippen LogP contribution in [0.1, 0.15) is 56.2 Å². The van der Waals surface area contributed by atoms with Crippen molar-refractivity contribution in [3.05, 3.63) is 41.2 Å². The molecule has 0 unspecified atom stereocenters. The number of nitrogens with zero attached hydrogens (tertiary/aromatic N) is 1. The van der Waals surface area contributed by atoms with E-state index in [1.807, 2.05) is 0 Å². The Bertz CT molecular complexity index is 375. The maximum Gasteiger partial charge on any atom is 0.0434 e. The lowest BCUT2D eigenvalue weighted by Gasteiger charge is -2.26. The standard InChI is InChI=1S/C16H22ClN/c1-2-3-14-6-9-16(18-12-14)15-7-4-13(5-8-15)10-11-17/h6,9-13,15H,2-5,7-8H2,1H3/b11-10+/t13-,15-. The summed E-state index contributed by atoms with van der Waals surface area (Å²) in [6.45, 7) is 2.21. The fourth-order valence-corrected chi connectivity index (χ4v) is 3.03. The quantitative estimate of drug-likeness (QED) is 0.740. The smallest absolute Gasteiger partial charge is 0.0434 e. The fraction of sp³-hybridized carbons (Fsp3) is 0.562. The Morgan fingerprint density at radius 2 is 2.06 bits per heavy atom. The molecule has 1 saturated carbocycles. The van der Waals surface area contributed by atoms with E-state index in [1.165, 1.54) is 43.4 Å². The third-order valence-electron chi connectivity index (χ3n) is 3.92. The van der Waals surface area contributed by atoms with E-state index >= 15 is 0 Å². The lowest BCUT2D eigenvalue weighted by molar-refractivity contribution is 0.371. The summed E-state index contributed by atoms with van der Waals surface area (Å²) >= 11 is 5.64.